The van der Waals surface area contributed by atoms with E-state index in [1.165, 1.54) is 25.4 Å². The Hall–Kier alpha value is -3.32. The van der Waals surface area contributed by atoms with E-state index in [1.54, 1.807) is 18.2 Å². The van der Waals surface area contributed by atoms with Crippen LogP contribution in [0.4, 0.5) is 13.2 Å². The molecule has 1 aliphatic rings. The Morgan fingerprint density at radius 1 is 1.03 bits per heavy atom. The predicted molar refractivity (Wildman–Crippen MR) is 132 cm³/mol. The molecule has 0 saturated carbocycles. The van der Waals surface area contributed by atoms with E-state index >= 15 is 0 Å². The fourth-order valence-electron chi connectivity index (χ4n) is 4.21. The van der Waals surface area contributed by atoms with Crippen LogP contribution in [0.3, 0.4) is 0 Å². The maximum absolute atomic E-state index is 13.0. The van der Waals surface area contributed by atoms with Crippen molar-refractivity contribution in [3.8, 4) is 11.5 Å². The number of amides is 2. The summed E-state index contributed by atoms with van der Waals surface area (Å²) in [4.78, 5) is 24.6. The Labute approximate surface area is 219 Å². The molecule has 1 atom stereocenters. The van der Waals surface area contributed by atoms with E-state index in [1.807, 2.05) is 0 Å². The molecule has 2 aromatic rings. The number of nitrogens with zero attached hydrogens (tertiary/aromatic N) is 1. The maximum Gasteiger partial charge on any atom is 0.416 e. The van der Waals surface area contributed by atoms with Gasteiger partial charge < -0.3 is 20.1 Å². The second-order valence-corrected chi connectivity index (χ2v) is 10.8. The lowest BCUT2D eigenvalue weighted by Crippen LogP contribution is -2.53. The number of carbonyl (C=O) groups excluding carboxylic acids is 2. The molecule has 0 bridgehead atoms. The third kappa shape index (κ3) is 7.16. The van der Waals surface area contributed by atoms with E-state index in [-0.39, 0.29) is 36.4 Å². The predicted octanol–water partition coefficient (Wildman–Crippen LogP) is 2.74. The summed E-state index contributed by atoms with van der Waals surface area (Å²) >= 11 is 0. The van der Waals surface area contributed by atoms with E-state index < -0.39 is 33.7 Å². The van der Waals surface area contributed by atoms with Gasteiger partial charge in [-0.25, -0.2) is 8.42 Å². The molecule has 2 amide bonds. The number of sulfonamides is 1. The number of carbonyl (C=O) groups is 2. The Morgan fingerprint density at radius 2 is 1.63 bits per heavy atom. The lowest BCUT2D eigenvalue weighted by atomic mass is 10.0. The number of rotatable bonds is 9. The number of nitrogens with one attached hydrogen (secondary N) is 2. The molecule has 3 rings (SSSR count). The van der Waals surface area contributed by atoms with Crippen LogP contribution in [0.1, 0.15) is 30.9 Å². The molecular formula is C25H30F3N3O6S. The standard InChI is InChI=1S/C25H30F3N3O6S/c1-16(32)29-21(14-17-4-9-22(36-2)23(15-17)37-3)24(33)30-19-10-12-31(13-11-19)38(34,35)20-7-5-18(6-8-20)25(26,27)28/h4-9,15,19,21H,10-14H2,1-3H3,(H,29,32)(H,30,33)/t21-/m1/s1. The van der Waals surface area contributed by atoms with E-state index in [0.29, 0.717) is 24.3 Å². The largest absolute Gasteiger partial charge is 0.493 e. The van der Waals surface area contributed by atoms with Crippen molar-refractivity contribution in [1.82, 2.24) is 14.9 Å². The van der Waals surface area contributed by atoms with Gasteiger partial charge in [0.15, 0.2) is 11.5 Å². The van der Waals surface area contributed by atoms with Crippen LogP contribution in [0.5, 0.6) is 11.5 Å². The van der Waals surface area contributed by atoms with Gasteiger partial charge >= 0.3 is 6.18 Å². The number of hydrogen-bond donors (Lipinski definition) is 2. The Balaban J connectivity index is 1.63. The molecule has 9 nitrogen and oxygen atoms in total. The van der Waals surface area contributed by atoms with Crippen molar-refractivity contribution in [2.24, 2.45) is 0 Å². The summed E-state index contributed by atoms with van der Waals surface area (Å²) in [5.41, 5.74) is -0.200. The normalized spacial score (nSPS) is 15.9. The zero-order chi connectivity index (χ0) is 28.1. The second-order valence-electron chi connectivity index (χ2n) is 8.86. The molecule has 0 aromatic heterocycles. The van der Waals surface area contributed by atoms with Crippen molar-refractivity contribution in [3.63, 3.8) is 0 Å². The Bertz CT molecular complexity index is 1240. The van der Waals surface area contributed by atoms with Gasteiger partial charge in [-0.3, -0.25) is 9.59 Å². The summed E-state index contributed by atoms with van der Waals surface area (Å²) < 4.78 is 75.9. The van der Waals surface area contributed by atoms with Gasteiger partial charge in [-0.1, -0.05) is 6.07 Å². The number of methoxy groups -OCH3 is 2. The molecule has 13 heteroatoms. The van der Waals surface area contributed by atoms with Gasteiger partial charge in [0.2, 0.25) is 21.8 Å². The first-order valence-corrected chi connectivity index (χ1v) is 13.2. The highest BCUT2D eigenvalue weighted by Gasteiger charge is 2.33. The van der Waals surface area contributed by atoms with Gasteiger partial charge in [0.05, 0.1) is 24.7 Å². The van der Waals surface area contributed by atoms with Crippen LogP contribution in [-0.4, -0.2) is 63.9 Å². The first-order chi connectivity index (χ1) is 17.8. The van der Waals surface area contributed by atoms with Gasteiger partial charge in [0, 0.05) is 32.5 Å². The molecule has 1 aliphatic heterocycles. The quantitative estimate of drug-likeness (QED) is 0.490. The molecule has 1 fully saturated rings. The molecule has 0 aliphatic carbocycles. The van der Waals surface area contributed by atoms with Gasteiger partial charge in [-0.15, -0.1) is 0 Å². The molecule has 2 aromatic carbocycles. The van der Waals surface area contributed by atoms with Crippen molar-refractivity contribution in [3.05, 3.63) is 53.6 Å². The van der Waals surface area contributed by atoms with E-state index in [9.17, 15) is 31.2 Å². The molecule has 2 N–H and O–H groups in total. The summed E-state index contributed by atoms with van der Waals surface area (Å²) in [6.45, 7) is 1.46. The van der Waals surface area contributed by atoms with E-state index in [2.05, 4.69) is 10.6 Å². The second kappa shape index (κ2) is 12.0. The summed E-state index contributed by atoms with van der Waals surface area (Å²) in [6.07, 6.45) is -3.77. The summed E-state index contributed by atoms with van der Waals surface area (Å²) in [5.74, 6) is 0.200. The van der Waals surface area contributed by atoms with Crippen molar-refractivity contribution in [1.29, 1.82) is 0 Å². The Morgan fingerprint density at radius 3 is 2.16 bits per heavy atom. The molecule has 0 spiro atoms. The van der Waals surface area contributed by atoms with Crippen molar-refractivity contribution in [2.45, 2.75) is 49.3 Å². The van der Waals surface area contributed by atoms with Crippen LogP contribution in [0.15, 0.2) is 47.4 Å². The van der Waals surface area contributed by atoms with E-state index in [4.69, 9.17) is 9.47 Å². The first-order valence-electron chi connectivity index (χ1n) is 11.8. The fourth-order valence-corrected chi connectivity index (χ4v) is 5.67. The SMILES string of the molecule is COc1ccc(C[C@@H](NC(C)=O)C(=O)NC2CCN(S(=O)(=O)c3ccc(C(F)(F)F)cc3)CC2)cc1OC. The fraction of sp³-hybridized carbons (Fsp3) is 0.440. The minimum absolute atomic E-state index is 0.0782. The highest BCUT2D eigenvalue weighted by Crippen LogP contribution is 2.31. The number of alkyl halides is 3. The third-order valence-electron chi connectivity index (χ3n) is 6.20. The van der Waals surface area contributed by atoms with E-state index in [0.717, 1.165) is 29.8 Å². The van der Waals surface area contributed by atoms with Crippen LogP contribution in [0, 0.1) is 0 Å². The minimum Gasteiger partial charge on any atom is -0.493 e. The van der Waals surface area contributed by atoms with Crippen LogP contribution >= 0.6 is 0 Å². The zero-order valence-electron chi connectivity index (χ0n) is 21.2. The van der Waals surface area contributed by atoms with Gasteiger partial charge in [0.25, 0.3) is 0 Å². The lowest BCUT2D eigenvalue weighted by Gasteiger charge is -2.32. The van der Waals surface area contributed by atoms with Crippen LogP contribution in [-0.2, 0) is 32.2 Å². The molecule has 1 heterocycles. The van der Waals surface area contributed by atoms with Crippen molar-refractivity contribution in [2.75, 3.05) is 27.3 Å². The monoisotopic (exact) mass is 557 g/mol. The van der Waals surface area contributed by atoms with Crippen molar-refractivity contribution < 1.29 is 40.7 Å². The summed E-state index contributed by atoms with van der Waals surface area (Å²) in [6, 6.07) is 7.31. The van der Waals surface area contributed by atoms with Crippen LogP contribution in [0.2, 0.25) is 0 Å². The van der Waals surface area contributed by atoms with Gasteiger partial charge in [0.1, 0.15) is 6.04 Å². The first kappa shape index (κ1) is 29.2. The highest BCUT2D eigenvalue weighted by atomic mass is 32.2. The number of halogens is 3. The highest BCUT2D eigenvalue weighted by molar-refractivity contribution is 7.89. The van der Waals surface area contributed by atoms with Gasteiger partial charge in [-0.2, -0.15) is 17.5 Å². The average Bonchev–Trinajstić information content (AvgIpc) is 2.87. The minimum atomic E-state index is -4.56. The number of piperidine rings is 1. The topological polar surface area (TPSA) is 114 Å². The molecule has 0 radical (unpaired) electrons. The van der Waals surface area contributed by atoms with Crippen LogP contribution in [0.25, 0.3) is 0 Å². The molecular weight excluding hydrogens is 527 g/mol. The molecule has 0 unspecified atom stereocenters. The maximum atomic E-state index is 13.0. The summed E-state index contributed by atoms with van der Waals surface area (Å²) in [7, 11) is -0.992. The number of benzene rings is 2. The zero-order valence-corrected chi connectivity index (χ0v) is 22.0. The number of ether oxygens (including phenoxy) is 2. The Kier molecular flexibility index (Phi) is 9.26. The molecule has 208 valence electrons. The molecule has 1 saturated heterocycles. The van der Waals surface area contributed by atoms with Crippen LogP contribution < -0.4 is 20.1 Å². The third-order valence-corrected chi connectivity index (χ3v) is 8.11. The molecule has 38 heavy (non-hydrogen) atoms. The smallest absolute Gasteiger partial charge is 0.416 e. The summed E-state index contributed by atoms with van der Waals surface area (Å²) in [5, 5.41) is 5.52. The van der Waals surface area contributed by atoms with Crippen molar-refractivity contribution >= 4 is 21.8 Å². The van der Waals surface area contributed by atoms with Gasteiger partial charge in [-0.05, 0) is 54.8 Å². The lowest BCUT2D eigenvalue weighted by molar-refractivity contribution is -0.137. The average molecular weight is 558 g/mol. The number of hydrogen-bond acceptors (Lipinski definition) is 6.